The quantitative estimate of drug-likeness (QED) is 0.580. The van der Waals surface area contributed by atoms with Gasteiger partial charge in [0, 0.05) is 6.54 Å². The molecule has 2 heterocycles. The van der Waals surface area contributed by atoms with E-state index in [-0.39, 0.29) is 16.3 Å². The van der Waals surface area contributed by atoms with Gasteiger partial charge in [-0.15, -0.1) is 0 Å². The molecule has 2 atom stereocenters. The molecule has 2 aliphatic heterocycles. The van der Waals surface area contributed by atoms with E-state index < -0.39 is 32.1 Å². The van der Waals surface area contributed by atoms with E-state index in [0.29, 0.717) is 12.1 Å². The molecular weight excluding hydrogens is 444 g/mol. The van der Waals surface area contributed by atoms with Crippen molar-refractivity contribution in [3.05, 3.63) is 89.5 Å². The van der Waals surface area contributed by atoms with Crippen LogP contribution in [0.15, 0.2) is 82.6 Å². The van der Waals surface area contributed by atoms with Crippen LogP contribution in [0.1, 0.15) is 29.2 Å². The summed E-state index contributed by atoms with van der Waals surface area (Å²) < 4.78 is 57.3. The lowest BCUT2D eigenvalue weighted by Crippen LogP contribution is -2.39. The van der Waals surface area contributed by atoms with Crippen LogP contribution in [0.25, 0.3) is 0 Å². The lowest BCUT2D eigenvalue weighted by molar-refractivity contribution is 0.392. The summed E-state index contributed by atoms with van der Waals surface area (Å²) in [6.45, 7) is 4.07. The third kappa shape index (κ3) is 3.17. The van der Waals surface area contributed by atoms with Crippen LogP contribution < -0.4 is 4.31 Å². The number of anilines is 1. The average molecular weight is 469 g/mol. The van der Waals surface area contributed by atoms with Gasteiger partial charge in [0.1, 0.15) is 0 Å². The van der Waals surface area contributed by atoms with Gasteiger partial charge >= 0.3 is 0 Å². The Bertz CT molecular complexity index is 1380. The highest BCUT2D eigenvalue weighted by molar-refractivity contribution is 7.93. The van der Waals surface area contributed by atoms with E-state index in [1.54, 1.807) is 60.7 Å². The maximum absolute atomic E-state index is 13.7. The summed E-state index contributed by atoms with van der Waals surface area (Å²) in [5.41, 5.74) is 3.22. The van der Waals surface area contributed by atoms with E-state index >= 15 is 0 Å². The van der Waals surface area contributed by atoms with Gasteiger partial charge in [-0.1, -0.05) is 53.6 Å². The van der Waals surface area contributed by atoms with Gasteiger partial charge in [-0.3, -0.25) is 4.31 Å². The molecule has 0 unspecified atom stereocenters. The van der Waals surface area contributed by atoms with Crippen molar-refractivity contribution in [3.63, 3.8) is 0 Å². The second-order valence-corrected chi connectivity index (χ2v) is 12.1. The van der Waals surface area contributed by atoms with Crippen molar-refractivity contribution in [1.29, 1.82) is 0 Å². The first-order valence-electron chi connectivity index (χ1n) is 10.5. The number of benzene rings is 3. The van der Waals surface area contributed by atoms with Crippen molar-refractivity contribution in [1.82, 2.24) is 4.31 Å². The van der Waals surface area contributed by atoms with Gasteiger partial charge in [-0.2, -0.15) is 4.31 Å². The zero-order valence-corrected chi connectivity index (χ0v) is 19.5. The topological polar surface area (TPSA) is 74.8 Å². The molecule has 0 aliphatic carbocycles. The molecule has 0 bridgehead atoms. The zero-order valence-electron chi connectivity index (χ0n) is 17.8. The molecule has 0 radical (unpaired) electrons. The van der Waals surface area contributed by atoms with Gasteiger partial charge in [-0.25, -0.2) is 16.8 Å². The first kappa shape index (κ1) is 21.2. The standard InChI is InChI=1S/C24H24N2O4S2/c1-17-7-11-19(12-8-17)31(27,28)25-16-15-23-24(25)21-5-3-4-6-22(21)26(23)32(29,30)20-13-9-18(2)10-14-20/h3-14,23-24H,15-16H2,1-2H3/t23-,24-/m0/s1. The molecule has 32 heavy (non-hydrogen) atoms. The summed E-state index contributed by atoms with van der Waals surface area (Å²) in [6, 6.07) is 19.7. The van der Waals surface area contributed by atoms with Crippen molar-refractivity contribution in [2.24, 2.45) is 0 Å². The molecule has 2 aliphatic rings. The van der Waals surface area contributed by atoms with Crippen molar-refractivity contribution < 1.29 is 16.8 Å². The van der Waals surface area contributed by atoms with Crippen LogP contribution in [0.4, 0.5) is 5.69 Å². The molecule has 6 nitrogen and oxygen atoms in total. The lowest BCUT2D eigenvalue weighted by Gasteiger charge is -2.27. The fraction of sp³-hybridized carbons (Fsp3) is 0.250. The summed E-state index contributed by atoms with van der Waals surface area (Å²) in [7, 11) is -7.63. The molecule has 3 aromatic carbocycles. The molecule has 3 aromatic rings. The van der Waals surface area contributed by atoms with Gasteiger partial charge in [0.15, 0.2) is 0 Å². The van der Waals surface area contributed by atoms with E-state index in [1.807, 2.05) is 26.0 Å². The summed E-state index contributed by atoms with van der Waals surface area (Å²) in [5.74, 6) is 0. The second kappa shape index (κ2) is 7.43. The van der Waals surface area contributed by atoms with Crippen molar-refractivity contribution in [2.75, 3.05) is 10.8 Å². The van der Waals surface area contributed by atoms with Crippen molar-refractivity contribution in [3.8, 4) is 0 Å². The van der Waals surface area contributed by atoms with Crippen LogP contribution in [0.5, 0.6) is 0 Å². The highest BCUT2D eigenvalue weighted by Gasteiger charge is 2.53. The molecule has 5 rings (SSSR count). The normalized spacial score (nSPS) is 20.9. The van der Waals surface area contributed by atoms with Crippen LogP contribution in [-0.2, 0) is 20.0 Å². The number of hydrogen-bond donors (Lipinski definition) is 0. The summed E-state index contributed by atoms with van der Waals surface area (Å²) in [4.78, 5) is 0.430. The van der Waals surface area contributed by atoms with E-state index in [4.69, 9.17) is 0 Å². The molecule has 0 N–H and O–H groups in total. The van der Waals surface area contributed by atoms with Gasteiger partial charge in [0.25, 0.3) is 10.0 Å². The van der Waals surface area contributed by atoms with E-state index in [1.165, 1.54) is 8.61 Å². The number of sulfonamides is 2. The number of fused-ring (bicyclic) bond motifs is 3. The first-order chi connectivity index (χ1) is 15.2. The summed E-state index contributed by atoms with van der Waals surface area (Å²) in [5, 5.41) is 0. The first-order valence-corrected chi connectivity index (χ1v) is 13.4. The minimum atomic E-state index is -3.85. The monoisotopic (exact) mass is 468 g/mol. The number of rotatable bonds is 4. The number of nitrogens with zero attached hydrogens (tertiary/aromatic N) is 2. The van der Waals surface area contributed by atoms with Gasteiger partial charge < -0.3 is 0 Å². The Balaban J connectivity index is 1.61. The highest BCUT2D eigenvalue weighted by atomic mass is 32.2. The molecular formula is C24H24N2O4S2. The van der Waals surface area contributed by atoms with Crippen LogP contribution >= 0.6 is 0 Å². The Morgan fingerprint density at radius 3 is 1.84 bits per heavy atom. The van der Waals surface area contributed by atoms with E-state index in [0.717, 1.165) is 16.7 Å². The van der Waals surface area contributed by atoms with Gasteiger partial charge in [-0.05, 0) is 56.2 Å². The molecule has 0 saturated carbocycles. The third-order valence-corrected chi connectivity index (χ3v) is 10.1. The minimum Gasteiger partial charge on any atom is -0.261 e. The van der Waals surface area contributed by atoms with Gasteiger partial charge in [0.2, 0.25) is 10.0 Å². The van der Waals surface area contributed by atoms with Crippen LogP contribution in [0.2, 0.25) is 0 Å². The Kier molecular flexibility index (Phi) is 4.92. The Labute approximate surface area is 189 Å². The lowest BCUT2D eigenvalue weighted by atomic mass is 10.1. The molecule has 0 spiro atoms. The fourth-order valence-corrected chi connectivity index (χ4v) is 8.08. The fourth-order valence-electron chi connectivity index (χ4n) is 4.72. The van der Waals surface area contributed by atoms with E-state index in [2.05, 4.69) is 0 Å². The zero-order chi connectivity index (χ0) is 22.7. The van der Waals surface area contributed by atoms with Crippen molar-refractivity contribution in [2.45, 2.75) is 42.1 Å². The summed E-state index contributed by atoms with van der Waals surface area (Å²) in [6.07, 6.45) is 0.426. The van der Waals surface area contributed by atoms with E-state index in [9.17, 15) is 16.8 Å². The van der Waals surface area contributed by atoms with Crippen LogP contribution in [0, 0.1) is 13.8 Å². The molecule has 0 aromatic heterocycles. The molecule has 1 saturated heterocycles. The third-order valence-electron chi connectivity index (χ3n) is 6.32. The van der Waals surface area contributed by atoms with Crippen LogP contribution in [0.3, 0.4) is 0 Å². The largest absolute Gasteiger partial charge is 0.264 e. The van der Waals surface area contributed by atoms with Gasteiger partial charge in [0.05, 0.1) is 27.6 Å². The predicted molar refractivity (Wildman–Crippen MR) is 124 cm³/mol. The van der Waals surface area contributed by atoms with Crippen LogP contribution in [-0.4, -0.2) is 33.7 Å². The maximum Gasteiger partial charge on any atom is 0.264 e. The smallest absolute Gasteiger partial charge is 0.261 e. The Morgan fingerprint density at radius 2 is 1.25 bits per heavy atom. The minimum absolute atomic E-state index is 0.207. The highest BCUT2D eigenvalue weighted by Crippen LogP contribution is 2.51. The number of aryl methyl sites for hydroxylation is 2. The molecule has 0 amide bonds. The summed E-state index contributed by atoms with van der Waals surface area (Å²) >= 11 is 0. The second-order valence-electron chi connectivity index (χ2n) is 8.40. The Morgan fingerprint density at radius 1 is 0.719 bits per heavy atom. The molecule has 166 valence electrons. The molecule has 8 heteroatoms. The molecule has 1 fully saturated rings. The number of para-hydroxylation sites is 1. The van der Waals surface area contributed by atoms with Crippen molar-refractivity contribution >= 4 is 25.7 Å². The number of hydrogen-bond acceptors (Lipinski definition) is 4. The maximum atomic E-state index is 13.7. The average Bonchev–Trinajstić information content (AvgIpc) is 3.33. The predicted octanol–water partition coefficient (Wildman–Crippen LogP) is 4.02. The Hall–Kier alpha value is -2.68. The SMILES string of the molecule is Cc1ccc(S(=O)(=O)N2CC[C@H]3[C@@H]2c2ccccc2N3S(=O)(=O)c2ccc(C)cc2)cc1.